The van der Waals surface area contributed by atoms with Crippen molar-refractivity contribution in [3.63, 3.8) is 0 Å². The molecule has 1 saturated heterocycles. The van der Waals surface area contributed by atoms with Gasteiger partial charge in [-0.2, -0.15) is 0 Å². The van der Waals surface area contributed by atoms with E-state index in [1.807, 2.05) is 40.7 Å². The highest BCUT2D eigenvalue weighted by molar-refractivity contribution is 6.62. The van der Waals surface area contributed by atoms with Crippen molar-refractivity contribution >= 4 is 12.6 Å². The van der Waals surface area contributed by atoms with Gasteiger partial charge in [0.25, 0.3) is 5.56 Å². The van der Waals surface area contributed by atoms with Crippen LogP contribution in [-0.4, -0.2) is 23.3 Å². The van der Waals surface area contributed by atoms with Crippen molar-refractivity contribution in [1.82, 2.24) is 4.98 Å². The first-order chi connectivity index (χ1) is 8.28. The maximum atomic E-state index is 11.8. The Kier molecular flexibility index (Phi) is 3.15. The van der Waals surface area contributed by atoms with Crippen molar-refractivity contribution in [2.24, 2.45) is 0 Å². The molecule has 1 aliphatic heterocycles. The minimum Gasteiger partial charge on any atom is -0.399 e. The molecule has 18 heavy (non-hydrogen) atoms. The summed E-state index contributed by atoms with van der Waals surface area (Å²) < 4.78 is 11.9. The van der Waals surface area contributed by atoms with Crippen molar-refractivity contribution in [3.8, 4) is 0 Å². The van der Waals surface area contributed by atoms with Gasteiger partial charge in [0.2, 0.25) is 0 Å². The molecule has 1 aromatic heterocycles. The molecule has 0 spiro atoms. The summed E-state index contributed by atoms with van der Waals surface area (Å²) in [5.74, 6) is 0. The molecule has 2 heterocycles. The van der Waals surface area contributed by atoms with Crippen LogP contribution in [0.3, 0.4) is 0 Å². The Morgan fingerprint density at radius 1 is 1.22 bits per heavy atom. The molecule has 0 aromatic carbocycles. The van der Waals surface area contributed by atoms with Crippen LogP contribution >= 0.6 is 0 Å². The van der Waals surface area contributed by atoms with Crippen molar-refractivity contribution in [2.75, 3.05) is 0 Å². The normalized spacial score (nSPS) is 21.3. The molecule has 98 valence electrons. The molecule has 5 heteroatoms. The van der Waals surface area contributed by atoms with Crippen LogP contribution in [0.25, 0.3) is 0 Å². The Labute approximate surface area is 108 Å². The van der Waals surface area contributed by atoms with Gasteiger partial charge in [0.1, 0.15) is 0 Å². The van der Waals surface area contributed by atoms with Gasteiger partial charge in [-0.3, -0.25) is 4.79 Å². The van der Waals surface area contributed by atoms with Crippen LogP contribution in [0.1, 0.15) is 40.2 Å². The highest BCUT2D eigenvalue weighted by atomic mass is 16.7. The second-order valence-corrected chi connectivity index (χ2v) is 5.68. The van der Waals surface area contributed by atoms with Crippen molar-refractivity contribution in [2.45, 2.75) is 52.2 Å². The van der Waals surface area contributed by atoms with E-state index in [9.17, 15) is 4.79 Å². The summed E-state index contributed by atoms with van der Waals surface area (Å²) >= 11 is 0. The summed E-state index contributed by atoms with van der Waals surface area (Å²) in [7, 11) is -0.466. The number of nitrogens with one attached hydrogen (secondary N) is 1. The molecule has 0 unspecified atom stereocenters. The predicted octanol–water partition coefficient (Wildman–Crippen LogP) is 1.24. The third-order valence-electron chi connectivity index (χ3n) is 3.96. The van der Waals surface area contributed by atoms with Gasteiger partial charge in [0.05, 0.1) is 11.2 Å². The second kappa shape index (κ2) is 4.25. The number of H-pyrrole nitrogens is 1. The zero-order valence-electron chi connectivity index (χ0n) is 11.7. The smallest absolute Gasteiger partial charge is 0.399 e. The molecule has 2 rings (SSSR count). The molecular formula is C13H20BNO3. The number of rotatable bonds is 2. The first kappa shape index (κ1) is 13.4. The zero-order chi connectivity index (χ0) is 13.6. The lowest BCUT2D eigenvalue weighted by atomic mass is 9.76. The number of aromatic amines is 1. The monoisotopic (exact) mass is 249 g/mol. The van der Waals surface area contributed by atoms with Gasteiger partial charge in [0, 0.05) is 11.8 Å². The van der Waals surface area contributed by atoms with E-state index >= 15 is 0 Å². The van der Waals surface area contributed by atoms with Gasteiger partial charge >= 0.3 is 7.12 Å². The lowest BCUT2D eigenvalue weighted by Gasteiger charge is -2.32. The van der Waals surface area contributed by atoms with E-state index in [1.54, 1.807) is 6.20 Å². The molecule has 1 aliphatic rings. The Morgan fingerprint density at radius 3 is 2.28 bits per heavy atom. The van der Waals surface area contributed by atoms with Crippen LogP contribution in [-0.2, 0) is 15.7 Å². The van der Waals surface area contributed by atoms with E-state index in [1.165, 1.54) is 0 Å². The summed E-state index contributed by atoms with van der Waals surface area (Å²) in [6.45, 7) is 9.98. The third kappa shape index (κ3) is 2.02. The maximum absolute atomic E-state index is 11.8. The summed E-state index contributed by atoms with van der Waals surface area (Å²) in [5.41, 5.74) is 0.733. The van der Waals surface area contributed by atoms with Crippen LogP contribution < -0.4 is 11.0 Å². The predicted molar refractivity (Wildman–Crippen MR) is 72.2 cm³/mol. The summed E-state index contributed by atoms with van der Waals surface area (Å²) in [6.07, 6.45) is 2.30. The lowest BCUT2D eigenvalue weighted by molar-refractivity contribution is 0.00578. The topological polar surface area (TPSA) is 51.3 Å². The van der Waals surface area contributed by atoms with Crippen molar-refractivity contribution in [1.29, 1.82) is 0 Å². The average molecular weight is 249 g/mol. The summed E-state index contributed by atoms with van der Waals surface area (Å²) in [4.78, 5) is 14.5. The Bertz CT molecular complexity index is 491. The first-order valence-electron chi connectivity index (χ1n) is 6.34. The quantitative estimate of drug-likeness (QED) is 0.802. The largest absolute Gasteiger partial charge is 0.495 e. The SMILES string of the molecule is CCc1c(B2OC(C)(C)C(C)(C)O2)cc[nH]c1=O. The van der Waals surface area contributed by atoms with Gasteiger partial charge in [-0.05, 0) is 45.6 Å². The fraction of sp³-hybridized carbons (Fsp3) is 0.615. The average Bonchev–Trinajstić information content (AvgIpc) is 2.47. The number of aromatic nitrogens is 1. The molecule has 1 fully saturated rings. The molecule has 0 radical (unpaired) electrons. The van der Waals surface area contributed by atoms with Crippen LogP contribution in [0.4, 0.5) is 0 Å². The van der Waals surface area contributed by atoms with Gasteiger partial charge in [-0.15, -0.1) is 0 Å². The number of hydrogen-bond donors (Lipinski definition) is 1. The maximum Gasteiger partial charge on any atom is 0.495 e. The van der Waals surface area contributed by atoms with E-state index in [2.05, 4.69) is 4.98 Å². The van der Waals surface area contributed by atoms with Crippen LogP contribution in [0.5, 0.6) is 0 Å². The standard InChI is InChI=1S/C13H20BNO3/c1-6-9-10(7-8-15-11(9)16)14-17-12(2,3)13(4,5)18-14/h7-8H,6H2,1-5H3,(H,15,16). The molecule has 0 amide bonds. The van der Waals surface area contributed by atoms with Crippen molar-refractivity contribution < 1.29 is 9.31 Å². The van der Waals surface area contributed by atoms with Crippen LogP contribution in [0.15, 0.2) is 17.1 Å². The van der Waals surface area contributed by atoms with Gasteiger partial charge < -0.3 is 14.3 Å². The minimum atomic E-state index is -0.466. The number of hydrogen-bond acceptors (Lipinski definition) is 3. The van der Waals surface area contributed by atoms with E-state index in [0.717, 1.165) is 11.0 Å². The molecule has 1 aromatic rings. The highest BCUT2D eigenvalue weighted by Gasteiger charge is 2.52. The minimum absolute atomic E-state index is 0.0651. The molecule has 0 aliphatic carbocycles. The fourth-order valence-corrected chi connectivity index (χ4v) is 2.08. The first-order valence-corrected chi connectivity index (χ1v) is 6.34. The molecule has 0 saturated carbocycles. The highest BCUT2D eigenvalue weighted by Crippen LogP contribution is 2.36. The van der Waals surface area contributed by atoms with Gasteiger partial charge in [-0.25, -0.2) is 0 Å². The van der Waals surface area contributed by atoms with Crippen LogP contribution in [0, 0.1) is 0 Å². The van der Waals surface area contributed by atoms with E-state index in [4.69, 9.17) is 9.31 Å². The van der Waals surface area contributed by atoms with E-state index < -0.39 is 7.12 Å². The van der Waals surface area contributed by atoms with Gasteiger partial charge in [0.15, 0.2) is 0 Å². The van der Waals surface area contributed by atoms with E-state index in [0.29, 0.717) is 6.42 Å². The summed E-state index contributed by atoms with van der Waals surface area (Å²) in [6, 6.07) is 1.86. The molecular weight excluding hydrogens is 229 g/mol. The Hall–Kier alpha value is -1.07. The molecule has 4 nitrogen and oxygen atoms in total. The van der Waals surface area contributed by atoms with E-state index in [-0.39, 0.29) is 16.8 Å². The lowest BCUT2D eigenvalue weighted by Crippen LogP contribution is -2.41. The number of pyridine rings is 1. The third-order valence-corrected chi connectivity index (χ3v) is 3.96. The van der Waals surface area contributed by atoms with Gasteiger partial charge in [-0.1, -0.05) is 6.92 Å². The fourth-order valence-electron chi connectivity index (χ4n) is 2.08. The summed E-state index contributed by atoms with van der Waals surface area (Å²) in [5, 5.41) is 0. The van der Waals surface area contributed by atoms with Crippen molar-refractivity contribution in [3.05, 3.63) is 28.2 Å². The Morgan fingerprint density at radius 2 is 1.78 bits per heavy atom. The molecule has 0 bridgehead atoms. The molecule has 1 N–H and O–H groups in total. The zero-order valence-corrected chi connectivity index (χ0v) is 11.7. The second-order valence-electron chi connectivity index (χ2n) is 5.68. The Balaban J connectivity index is 2.41. The molecule has 0 atom stereocenters. The van der Waals surface area contributed by atoms with Crippen LogP contribution in [0.2, 0.25) is 0 Å².